The Labute approximate surface area is 183 Å². The first-order chi connectivity index (χ1) is 15.0. The van der Waals surface area contributed by atoms with Gasteiger partial charge in [-0.05, 0) is 44.7 Å². The van der Waals surface area contributed by atoms with Crippen molar-refractivity contribution in [2.24, 2.45) is 10.5 Å². The fraction of sp³-hybridized carbons (Fsp3) is 0.333. The van der Waals surface area contributed by atoms with Crippen molar-refractivity contribution in [3.05, 3.63) is 53.7 Å². The van der Waals surface area contributed by atoms with Crippen molar-refractivity contribution in [3.8, 4) is 0 Å². The van der Waals surface area contributed by atoms with E-state index >= 15 is 0 Å². The average molecular weight is 438 g/mol. The van der Waals surface area contributed by atoms with E-state index in [9.17, 15) is 9.59 Å². The number of hydrogen-bond acceptors (Lipinski definition) is 6. The van der Waals surface area contributed by atoms with Crippen LogP contribution in [0.25, 0.3) is 5.65 Å². The van der Waals surface area contributed by atoms with Gasteiger partial charge in [0.2, 0.25) is 0 Å². The fourth-order valence-electron chi connectivity index (χ4n) is 4.43. The number of halogens is 1. The fourth-order valence-corrected chi connectivity index (χ4v) is 4.63. The van der Waals surface area contributed by atoms with Gasteiger partial charge in [0.1, 0.15) is 5.56 Å². The van der Waals surface area contributed by atoms with Crippen LogP contribution in [0.15, 0.2) is 48.2 Å². The first-order valence-corrected chi connectivity index (χ1v) is 10.5. The number of fused-ring (bicyclic) bond motifs is 1. The molecule has 0 saturated heterocycles. The van der Waals surface area contributed by atoms with Crippen LogP contribution in [0.5, 0.6) is 0 Å². The lowest BCUT2D eigenvalue weighted by atomic mass is 9.69. The van der Waals surface area contributed by atoms with Crippen LogP contribution in [0.1, 0.15) is 43.0 Å². The molecule has 1 saturated carbocycles. The molecule has 0 bridgehead atoms. The Morgan fingerprint density at radius 2 is 2.06 bits per heavy atom. The second-order valence-electron chi connectivity index (χ2n) is 7.91. The predicted octanol–water partition coefficient (Wildman–Crippen LogP) is 2.86. The van der Waals surface area contributed by atoms with E-state index in [2.05, 4.69) is 25.5 Å². The molecule has 1 aliphatic carbocycles. The second-order valence-corrected chi connectivity index (χ2v) is 8.31. The van der Waals surface area contributed by atoms with Gasteiger partial charge in [0.05, 0.1) is 28.0 Å². The van der Waals surface area contributed by atoms with E-state index in [1.54, 1.807) is 35.2 Å². The molecule has 1 fully saturated rings. The molecule has 1 spiro atoms. The van der Waals surface area contributed by atoms with Gasteiger partial charge in [-0.2, -0.15) is 15.2 Å². The molecule has 1 N–H and O–H groups in total. The number of carbonyl (C=O) groups excluding carboxylic acids is 2. The van der Waals surface area contributed by atoms with E-state index < -0.39 is 5.41 Å². The Bertz CT molecular complexity index is 1210. The summed E-state index contributed by atoms with van der Waals surface area (Å²) in [7, 11) is 0. The molecule has 4 heterocycles. The third kappa shape index (κ3) is 3.16. The lowest BCUT2D eigenvalue weighted by Crippen LogP contribution is -2.47. The van der Waals surface area contributed by atoms with Crippen molar-refractivity contribution in [2.45, 2.75) is 38.6 Å². The molecule has 2 aliphatic rings. The highest BCUT2D eigenvalue weighted by Crippen LogP contribution is 2.45. The maximum Gasteiger partial charge on any atom is 0.259 e. The van der Waals surface area contributed by atoms with Crippen LogP contribution in [0.4, 0.5) is 5.69 Å². The average Bonchev–Trinajstić information content (AvgIpc) is 3.31. The largest absolute Gasteiger partial charge is 0.349 e. The summed E-state index contributed by atoms with van der Waals surface area (Å²) in [5.41, 5.74) is 1.62. The molecule has 1 aliphatic heterocycles. The lowest BCUT2D eigenvalue weighted by Gasteiger charge is -2.36. The van der Waals surface area contributed by atoms with Gasteiger partial charge in [0, 0.05) is 30.8 Å². The number of carbonyl (C=O) groups is 2. The summed E-state index contributed by atoms with van der Waals surface area (Å²) in [6, 6.07) is 3.41. The summed E-state index contributed by atoms with van der Waals surface area (Å²) >= 11 is 6.23. The predicted molar refractivity (Wildman–Crippen MR) is 115 cm³/mol. The number of amides is 2. The van der Waals surface area contributed by atoms with E-state index in [4.69, 9.17) is 11.6 Å². The summed E-state index contributed by atoms with van der Waals surface area (Å²) in [4.78, 5) is 34.3. The van der Waals surface area contributed by atoms with Gasteiger partial charge in [0.25, 0.3) is 11.8 Å². The molecule has 5 rings (SSSR count). The number of nitrogens with zero attached hydrogens (tertiary/aromatic N) is 6. The summed E-state index contributed by atoms with van der Waals surface area (Å²) in [6.07, 6.45) is 10.6. The van der Waals surface area contributed by atoms with Gasteiger partial charge in [-0.15, -0.1) is 0 Å². The number of nitrogens with one attached hydrogen (secondary N) is 1. The molecule has 0 aromatic carbocycles. The number of pyridine rings is 1. The molecule has 10 heteroatoms. The van der Waals surface area contributed by atoms with Crippen LogP contribution in [0.3, 0.4) is 0 Å². The van der Waals surface area contributed by atoms with Crippen molar-refractivity contribution >= 4 is 40.5 Å². The van der Waals surface area contributed by atoms with Crippen molar-refractivity contribution in [1.82, 2.24) is 24.9 Å². The molecule has 158 valence electrons. The van der Waals surface area contributed by atoms with Crippen LogP contribution >= 0.6 is 11.6 Å². The quantitative estimate of drug-likeness (QED) is 0.678. The van der Waals surface area contributed by atoms with Crippen molar-refractivity contribution in [1.29, 1.82) is 0 Å². The van der Waals surface area contributed by atoms with E-state index in [0.29, 0.717) is 47.6 Å². The Morgan fingerprint density at radius 3 is 2.84 bits per heavy atom. The minimum atomic E-state index is -0.653. The van der Waals surface area contributed by atoms with Gasteiger partial charge in [-0.3, -0.25) is 14.6 Å². The number of hydrazone groups is 1. The Morgan fingerprint density at radius 1 is 1.26 bits per heavy atom. The van der Waals surface area contributed by atoms with Gasteiger partial charge in [0.15, 0.2) is 5.65 Å². The molecule has 3 aromatic heterocycles. The highest BCUT2D eigenvalue weighted by molar-refractivity contribution is 6.34. The molecule has 0 unspecified atom stereocenters. The summed E-state index contributed by atoms with van der Waals surface area (Å²) in [6.45, 7) is 1.89. The minimum Gasteiger partial charge on any atom is -0.349 e. The third-order valence-corrected chi connectivity index (χ3v) is 6.51. The third-order valence-electron chi connectivity index (χ3n) is 6.22. The van der Waals surface area contributed by atoms with Crippen LogP contribution in [0.2, 0.25) is 5.02 Å². The molecular formula is C21H20ClN7O2. The smallest absolute Gasteiger partial charge is 0.259 e. The normalized spacial score (nSPS) is 23.4. The standard InChI is InChI=1S/C21H20ClN7O2/c1-13-21(20(31)29(27-13)17-5-9-23-12-16(17)22)6-3-14(4-7-21)26-19(30)15-11-25-28-10-2-8-24-18(15)28/h2,5,8-12,14H,3-4,6-7H2,1H3,(H,26,30). The maximum atomic E-state index is 13.3. The van der Waals surface area contributed by atoms with Gasteiger partial charge in [-0.1, -0.05) is 11.6 Å². The van der Waals surface area contributed by atoms with Crippen LogP contribution in [-0.2, 0) is 4.79 Å². The van der Waals surface area contributed by atoms with E-state index in [1.165, 1.54) is 17.4 Å². The maximum absolute atomic E-state index is 13.3. The number of hydrogen-bond donors (Lipinski definition) is 1. The Hall–Kier alpha value is -3.33. The lowest BCUT2D eigenvalue weighted by molar-refractivity contribution is -0.125. The Kier molecular flexibility index (Phi) is 4.70. The zero-order valence-corrected chi connectivity index (χ0v) is 17.6. The molecular weight excluding hydrogens is 418 g/mol. The summed E-state index contributed by atoms with van der Waals surface area (Å²) in [5, 5.41) is 13.5. The molecule has 3 aromatic rings. The molecule has 0 atom stereocenters. The SMILES string of the molecule is CC1=NN(c2ccncc2Cl)C(=O)C12CCC(NC(=O)c1cnn3cccnc13)CC2. The summed E-state index contributed by atoms with van der Waals surface area (Å²) in [5.74, 6) is -0.280. The monoisotopic (exact) mass is 437 g/mol. The van der Waals surface area contributed by atoms with Crippen molar-refractivity contribution < 1.29 is 9.59 Å². The van der Waals surface area contributed by atoms with E-state index in [-0.39, 0.29) is 17.9 Å². The summed E-state index contributed by atoms with van der Waals surface area (Å²) < 4.78 is 1.57. The van der Waals surface area contributed by atoms with E-state index in [0.717, 1.165) is 5.71 Å². The first-order valence-electron chi connectivity index (χ1n) is 10.1. The molecule has 31 heavy (non-hydrogen) atoms. The number of rotatable bonds is 3. The topological polar surface area (TPSA) is 105 Å². The van der Waals surface area contributed by atoms with E-state index in [1.807, 2.05) is 6.92 Å². The van der Waals surface area contributed by atoms with Gasteiger partial charge < -0.3 is 5.32 Å². The Balaban J connectivity index is 1.29. The minimum absolute atomic E-state index is 0.0315. The first kappa shape index (κ1) is 19.6. The number of anilines is 1. The molecule has 9 nitrogen and oxygen atoms in total. The van der Waals surface area contributed by atoms with Crippen LogP contribution in [-0.4, -0.2) is 43.1 Å². The second kappa shape index (κ2) is 7.42. The molecule has 2 amide bonds. The van der Waals surface area contributed by atoms with Gasteiger partial charge in [-0.25, -0.2) is 9.50 Å². The highest BCUT2D eigenvalue weighted by Gasteiger charge is 2.51. The zero-order valence-electron chi connectivity index (χ0n) is 16.8. The molecule has 0 radical (unpaired) electrons. The van der Waals surface area contributed by atoms with Crippen LogP contribution < -0.4 is 10.3 Å². The zero-order chi connectivity index (χ0) is 21.6. The van der Waals surface area contributed by atoms with Crippen molar-refractivity contribution in [2.75, 3.05) is 5.01 Å². The van der Waals surface area contributed by atoms with Gasteiger partial charge >= 0.3 is 0 Å². The number of aromatic nitrogens is 4. The van der Waals surface area contributed by atoms with Crippen LogP contribution in [0, 0.1) is 5.41 Å². The highest BCUT2D eigenvalue weighted by atomic mass is 35.5. The van der Waals surface area contributed by atoms with Crippen molar-refractivity contribution in [3.63, 3.8) is 0 Å².